The molecule has 1 aromatic rings. The molecular formula is C14H25N3O4S. The van der Waals surface area contributed by atoms with Crippen molar-refractivity contribution < 1.29 is 8.42 Å². The minimum atomic E-state index is -3.95. The van der Waals surface area contributed by atoms with E-state index in [1.54, 1.807) is 6.92 Å². The van der Waals surface area contributed by atoms with Crippen molar-refractivity contribution in [3.05, 3.63) is 27.0 Å². The van der Waals surface area contributed by atoms with Crippen LogP contribution in [-0.2, 0) is 24.1 Å². The average molecular weight is 331 g/mol. The molecule has 22 heavy (non-hydrogen) atoms. The summed E-state index contributed by atoms with van der Waals surface area (Å²) < 4.78 is 29.0. The fraction of sp³-hybridized carbons (Fsp3) is 0.714. The minimum absolute atomic E-state index is 0.273. The third-order valence-corrected chi connectivity index (χ3v) is 5.05. The molecule has 1 heterocycles. The number of hydrogen-bond acceptors (Lipinski definition) is 4. The lowest BCUT2D eigenvalue weighted by Gasteiger charge is -2.15. The van der Waals surface area contributed by atoms with Crippen molar-refractivity contribution >= 4 is 10.0 Å². The van der Waals surface area contributed by atoms with Crippen LogP contribution in [0, 0.1) is 5.92 Å². The molecule has 1 aromatic heterocycles. The molecule has 0 aliphatic heterocycles. The maximum Gasteiger partial charge on any atom is 0.330 e. The van der Waals surface area contributed by atoms with E-state index in [1.807, 2.05) is 0 Å². The Hall–Kier alpha value is -1.41. The summed E-state index contributed by atoms with van der Waals surface area (Å²) in [7, 11) is -1.28. The number of aryl methyl sites for hydroxylation is 1. The summed E-state index contributed by atoms with van der Waals surface area (Å²) in [5, 5.41) is 0. The van der Waals surface area contributed by atoms with Gasteiger partial charge in [0.05, 0.1) is 0 Å². The molecule has 0 fully saturated rings. The van der Waals surface area contributed by atoms with Crippen molar-refractivity contribution in [2.24, 2.45) is 20.0 Å². The number of sulfonamides is 1. The Balaban J connectivity index is 2.97. The number of aromatic nitrogens is 2. The van der Waals surface area contributed by atoms with Gasteiger partial charge in [-0.3, -0.25) is 9.36 Å². The highest BCUT2D eigenvalue weighted by atomic mass is 32.2. The monoisotopic (exact) mass is 331 g/mol. The van der Waals surface area contributed by atoms with Crippen LogP contribution >= 0.6 is 0 Å². The van der Waals surface area contributed by atoms with Crippen molar-refractivity contribution in [1.82, 2.24) is 13.9 Å². The standard InChI is InChI=1S/C14H25N3O4S/c1-10(2)7-6-8-11(3)15-22(20,21)12-9-16(4)14(19)17(5)13(12)18/h9-11,15H,6-8H2,1-5H3. The second-order valence-corrected chi connectivity index (χ2v) is 7.78. The quantitative estimate of drug-likeness (QED) is 0.791. The molecule has 0 bridgehead atoms. The lowest BCUT2D eigenvalue weighted by Crippen LogP contribution is -2.43. The van der Waals surface area contributed by atoms with Crippen LogP contribution in [0.15, 0.2) is 20.7 Å². The van der Waals surface area contributed by atoms with Crippen LogP contribution in [0.25, 0.3) is 0 Å². The Morgan fingerprint density at radius 1 is 1.14 bits per heavy atom. The summed E-state index contributed by atoms with van der Waals surface area (Å²) in [4.78, 5) is 23.2. The van der Waals surface area contributed by atoms with E-state index in [0.29, 0.717) is 12.3 Å². The van der Waals surface area contributed by atoms with Gasteiger partial charge in [-0.1, -0.05) is 26.7 Å². The summed E-state index contributed by atoms with van der Waals surface area (Å²) in [5.41, 5.74) is -1.38. The molecule has 1 rings (SSSR count). The van der Waals surface area contributed by atoms with Gasteiger partial charge in [0, 0.05) is 26.3 Å². The molecule has 0 spiro atoms. The van der Waals surface area contributed by atoms with Crippen molar-refractivity contribution in [3.63, 3.8) is 0 Å². The van der Waals surface area contributed by atoms with Gasteiger partial charge in [0.25, 0.3) is 5.56 Å². The van der Waals surface area contributed by atoms with Gasteiger partial charge in [-0.05, 0) is 19.3 Å². The first-order chi connectivity index (χ1) is 10.1. The first-order valence-corrected chi connectivity index (χ1v) is 8.83. The van der Waals surface area contributed by atoms with Crippen molar-refractivity contribution in [1.29, 1.82) is 0 Å². The molecule has 0 saturated heterocycles. The molecule has 0 aliphatic carbocycles. The molecule has 126 valence electrons. The van der Waals surface area contributed by atoms with E-state index in [4.69, 9.17) is 0 Å². The van der Waals surface area contributed by atoms with E-state index < -0.39 is 26.2 Å². The predicted octanol–water partition coefficient (Wildman–Crippen LogP) is 0.577. The second kappa shape index (κ2) is 7.23. The van der Waals surface area contributed by atoms with Gasteiger partial charge in [0.1, 0.15) is 0 Å². The Labute approximate surface area is 131 Å². The van der Waals surface area contributed by atoms with Crippen molar-refractivity contribution in [3.8, 4) is 0 Å². The number of nitrogens with zero attached hydrogens (tertiary/aromatic N) is 2. The maximum atomic E-state index is 12.3. The average Bonchev–Trinajstić information content (AvgIpc) is 2.39. The zero-order valence-corrected chi connectivity index (χ0v) is 14.6. The lowest BCUT2D eigenvalue weighted by molar-refractivity contribution is 0.487. The van der Waals surface area contributed by atoms with Crippen LogP contribution in [0.4, 0.5) is 0 Å². The molecule has 1 N–H and O–H groups in total. The Bertz CT molecular complexity index is 731. The van der Waals surface area contributed by atoms with Gasteiger partial charge in [-0.25, -0.2) is 17.9 Å². The Morgan fingerprint density at radius 3 is 2.27 bits per heavy atom. The Kier molecular flexibility index (Phi) is 6.13. The molecule has 0 aliphatic rings. The predicted molar refractivity (Wildman–Crippen MR) is 85.4 cm³/mol. The number of rotatable bonds is 7. The Morgan fingerprint density at radius 2 is 1.73 bits per heavy atom. The molecular weight excluding hydrogens is 306 g/mol. The summed E-state index contributed by atoms with van der Waals surface area (Å²) in [5.74, 6) is 0.569. The number of nitrogens with one attached hydrogen (secondary N) is 1. The zero-order valence-electron chi connectivity index (χ0n) is 13.8. The highest BCUT2D eigenvalue weighted by Gasteiger charge is 2.23. The normalized spacial score (nSPS) is 13.5. The van der Waals surface area contributed by atoms with Gasteiger partial charge in [-0.15, -0.1) is 0 Å². The van der Waals surface area contributed by atoms with Gasteiger partial charge < -0.3 is 4.57 Å². The smallest absolute Gasteiger partial charge is 0.302 e. The van der Waals surface area contributed by atoms with Crippen LogP contribution in [-0.4, -0.2) is 23.6 Å². The molecule has 0 amide bonds. The molecule has 1 atom stereocenters. The van der Waals surface area contributed by atoms with E-state index in [2.05, 4.69) is 18.6 Å². The SMILES string of the molecule is CC(C)CCCC(C)NS(=O)(=O)c1cn(C)c(=O)n(C)c1=O. The fourth-order valence-corrected chi connectivity index (χ4v) is 3.62. The van der Waals surface area contributed by atoms with E-state index in [9.17, 15) is 18.0 Å². The molecule has 1 unspecified atom stereocenters. The van der Waals surface area contributed by atoms with Gasteiger partial charge in [0.2, 0.25) is 10.0 Å². The maximum absolute atomic E-state index is 12.3. The summed E-state index contributed by atoms with van der Waals surface area (Å²) >= 11 is 0. The molecule has 8 heteroatoms. The summed E-state index contributed by atoms with van der Waals surface area (Å²) in [6, 6.07) is -0.273. The third kappa shape index (κ3) is 4.54. The second-order valence-electron chi connectivity index (χ2n) is 6.10. The van der Waals surface area contributed by atoms with E-state index in [1.165, 1.54) is 14.1 Å². The molecule has 7 nitrogen and oxygen atoms in total. The first kappa shape index (κ1) is 18.6. The van der Waals surface area contributed by atoms with Crippen LogP contribution < -0.4 is 16.0 Å². The van der Waals surface area contributed by atoms with Crippen molar-refractivity contribution in [2.45, 2.75) is 51.0 Å². The molecule has 0 aromatic carbocycles. The van der Waals surface area contributed by atoms with E-state index in [0.717, 1.165) is 28.2 Å². The lowest BCUT2D eigenvalue weighted by atomic mass is 10.0. The fourth-order valence-electron chi connectivity index (χ4n) is 2.18. The highest BCUT2D eigenvalue weighted by molar-refractivity contribution is 7.89. The largest absolute Gasteiger partial charge is 0.330 e. The summed E-state index contributed by atoms with van der Waals surface area (Å²) in [6.07, 6.45) is 3.69. The topological polar surface area (TPSA) is 90.2 Å². The van der Waals surface area contributed by atoms with Crippen molar-refractivity contribution in [2.75, 3.05) is 0 Å². The van der Waals surface area contributed by atoms with E-state index in [-0.39, 0.29) is 6.04 Å². The minimum Gasteiger partial charge on any atom is -0.302 e. The van der Waals surface area contributed by atoms with Crippen LogP contribution in [0.1, 0.15) is 40.0 Å². The summed E-state index contributed by atoms with van der Waals surface area (Å²) in [6.45, 7) is 6.00. The number of hydrogen-bond donors (Lipinski definition) is 1. The van der Waals surface area contributed by atoms with Crippen LogP contribution in [0.3, 0.4) is 0 Å². The third-order valence-electron chi connectivity index (χ3n) is 3.48. The van der Waals surface area contributed by atoms with Gasteiger partial charge in [-0.2, -0.15) is 0 Å². The first-order valence-electron chi connectivity index (χ1n) is 7.35. The molecule has 0 radical (unpaired) electrons. The van der Waals surface area contributed by atoms with Gasteiger partial charge in [0.15, 0.2) is 4.90 Å². The van der Waals surface area contributed by atoms with Crippen LogP contribution in [0.5, 0.6) is 0 Å². The zero-order chi connectivity index (χ0) is 17.1. The highest BCUT2D eigenvalue weighted by Crippen LogP contribution is 2.10. The molecule has 0 saturated carbocycles. The van der Waals surface area contributed by atoms with Crippen LogP contribution in [0.2, 0.25) is 0 Å². The van der Waals surface area contributed by atoms with Gasteiger partial charge >= 0.3 is 5.69 Å². The van der Waals surface area contributed by atoms with E-state index >= 15 is 0 Å².